The van der Waals surface area contributed by atoms with Crippen LogP contribution in [0.3, 0.4) is 0 Å². The number of carbonyl (C=O) groups excluding carboxylic acids is 2. The van der Waals surface area contributed by atoms with Crippen molar-refractivity contribution in [1.82, 2.24) is 10.2 Å². The van der Waals surface area contributed by atoms with E-state index in [0.29, 0.717) is 19.5 Å². The highest BCUT2D eigenvalue weighted by Gasteiger charge is 2.01. The summed E-state index contributed by atoms with van der Waals surface area (Å²) < 4.78 is 0. The molecule has 0 rings (SSSR count). The van der Waals surface area contributed by atoms with E-state index in [9.17, 15) is 9.59 Å². The van der Waals surface area contributed by atoms with Crippen molar-refractivity contribution in [2.24, 2.45) is 5.73 Å². The molecule has 88 valence electrons. The number of nitrogens with zero attached hydrogens (tertiary/aromatic N) is 1. The smallest absolute Gasteiger partial charge is 0.234 e. The first-order valence-electron chi connectivity index (χ1n) is 5.22. The third-order valence-electron chi connectivity index (χ3n) is 1.88. The van der Waals surface area contributed by atoms with Gasteiger partial charge in [0, 0.05) is 13.0 Å². The standard InChI is InChI=1S/C10H21N3O2/c1-13(2)8-10(15)12-7-5-3-4-6-9(11)14/h3-8H2,1-2H3,(H2,11,14)(H,12,15). The minimum absolute atomic E-state index is 0.0369. The quantitative estimate of drug-likeness (QED) is 0.546. The first kappa shape index (κ1) is 13.9. The molecular formula is C10H21N3O2. The maximum atomic E-state index is 11.2. The minimum Gasteiger partial charge on any atom is -0.370 e. The van der Waals surface area contributed by atoms with E-state index in [1.165, 1.54) is 0 Å². The molecule has 0 radical (unpaired) electrons. The molecule has 0 saturated carbocycles. The van der Waals surface area contributed by atoms with Crippen molar-refractivity contribution >= 4 is 11.8 Å². The topological polar surface area (TPSA) is 75.4 Å². The lowest BCUT2D eigenvalue weighted by Gasteiger charge is -2.09. The second-order valence-electron chi connectivity index (χ2n) is 3.86. The predicted octanol–water partition coefficient (Wildman–Crippen LogP) is -0.290. The fourth-order valence-corrected chi connectivity index (χ4v) is 1.17. The monoisotopic (exact) mass is 215 g/mol. The Morgan fingerprint density at radius 2 is 1.87 bits per heavy atom. The van der Waals surface area contributed by atoms with Crippen LogP contribution in [-0.4, -0.2) is 43.9 Å². The molecule has 15 heavy (non-hydrogen) atoms. The van der Waals surface area contributed by atoms with E-state index >= 15 is 0 Å². The van der Waals surface area contributed by atoms with Crippen LogP contribution in [0, 0.1) is 0 Å². The SMILES string of the molecule is CN(C)CC(=O)NCCCCCC(N)=O. The van der Waals surface area contributed by atoms with E-state index in [1.54, 1.807) is 0 Å². The summed E-state index contributed by atoms with van der Waals surface area (Å²) >= 11 is 0. The van der Waals surface area contributed by atoms with Gasteiger partial charge in [0.05, 0.1) is 6.54 Å². The van der Waals surface area contributed by atoms with Gasteiger partial charge < -0.3 is 16.0 Å². The zero-order valence-electron chi connectivity index (χ0n) is 9.58. The number of hydrogen-bond donors (Lipinski definition) is 2. The van der Waals surface area contributed by atoms with Crippen molar-refractivity contribution in [2.75, 3.05) is 27.2 Å². The molecule has 0 heterocycles. The fourth-order valence-electron chi connectivity index (χ4n) is 1.17. The Labute approximate surface area is 91.0 Å². The summed E-state index contributed by atoms with van der Waals surface area (Å²) in [5.74, 6) is -0.221. The Balaban J connectivity index is 3.24. The average Bonchev–Trinajstić information content (AvgIpc) is 2.09. The maximum absolute atomic E-state index is 11.2. The molecule has 0 bridgehead atoms. The highest BCUT2D eigenvalue weighted by molar-refractivity contribution is 5.77. The first-order valence-corrected chi connectivity index (χ1v) is 5.22. The Morgan fingerprint density at radius 3 is 2.40 bits per heavy atom. The summed E-state index contributed by atoms with van der Waals surface area (Å²) in [4.78, 5) is 23.4. The maximum Gasteiger partial charge on any atom is 0.234 e. The lowest BCUT2D eigenvalue weighted by atomic mass is 10.2. The summed E-state index contributed by atoms with van der Waals surface area (Å²) in [5.41, 5.74) is 5.00. The van der Waals surface area contributed by atoms with Crippen LogP contribution >= 0.6 is 0 Å². The van der Waals surface area contributed by atoms with Crippen LogP contribution in [0.2, 0.25) is 0 Å². The number of rotatable bonds is 8. The number of amides is 2. The van der Waals surface area contributed by atoms with Crippen LogP contribution in [0.4, 0.5) is 0 Å². The largest absolute Gasteiger partial charge is 0.370 e. The average molecular weight is 215 g/mol. The highest BCUT2D eigenvalue weighted by Crippen LogP contribution is 1.97. The number of carbonyl (C=O) groups is 2. The van der Waals surface area contributed by atoms with Crippen molar-refractivity contribution in [2.45, 2.75) is 25.7 Å². The van der Waals surface area contributed by atoms with Gasteiger partial charge in [0.25, 0.3) is 0 Å². The molecule has 0 aliphatic heterocycles. The van der Waals surface area contributed by atoms with Gasteiger partial charge in [0.1, 0.15) is 0 Å². The van der Waals surface area contributed by atoms with Crippen LogP contribution in [0.25, 0.3) is 0 Å². The molecule has 0 saturated heterocycles. The van der Waals surface area contributed by atoms with Crippen molar-refractivity contribution in [3.63, 3.8) is 0 Å². The molecule has 0 atom stereocenters. The van der Waals surface area contributed by atoms with Crippen molar-refractivity contribution in [3.05, 3.63) is 0 Å². The van der Waals surface area contributed by atoms with E-state index in [4.69, 9.17) is 5.73 Å². The minimum atomic E-state index is -0.258. The molecule has 0 unspecified atom stereocenters. The van der Waals surface area contributed by atoms with Gasteiger partial charge >= 0.3 is 0 Å². The van der Waals surface area contributed by atoms with Gasteiger partial charge in [0.2, 0.25) is 11.8 Å². The zero-order valence-corrected chi connectivity index (χ0v) is 9.58. The lowest BCUT2D eigenvalue weighted by molar-refractivity contribution is -0.121. The number of nitrogens with two attached hydrogens (primary N) is 1. The molecular weight excluding hydrogens is 194 g/mol. The highest BCUT2D eigenvalue weighted by atomic mass is 16.2. The van der Waals surface area contributed by atoms with E-state index in [-0.39, 0.29) is 11.8 Å². The normalized spacial score (nSPS) is 10.3. The van der Waals surface area contributed by atoms with Crippen LogP contribution in [0.1, 0.15) is 25.7 Å². The second-order valence-corrected chi connectivity index (χ2v) is 3.86. The predicted molar refractivity (Wildman–Crippen MR) is 59.2 cm³/mol. The van der Waals surface area contributed by atoms with Crippen LogP contribution in [-0.2, 0) is 9.59 Å². The molecule has 0 aromatic rings. The van der Waals surface area contributed by atoms with Gasteiger partial charge in [-0.3, -0.25) is 9.59 Å². The van der Waals surface area contributed by atoms with Gasteiger partial charge in [0.15, 0.2) is 0 Å². The molecule has 5 heteroatoms. The lowest BCUT2D eigenvalue weighted by Crippen LogP contribution is -2.33. The van der Waals surface area contributed by atoms with E-state index < -0.39 is 0 Å². The molecule has 0 aromatic carbocycles. The van der Waals surface area contributed by atoms with Crippen LogP contribution in [0.5, 0.6) is 0 Å². The third kappa shape index (κ3) is 10.8. The van der Waals surface area contributed by atoms with Gasteiger partial charge in [-0.1, -0.05) is 6.42 Å². The number of likely N-dealkylation sites (N-methyl/N-ethyl adjacent to an activating group) is 1. The molecule has 0 spiro atoms. The van der Waals surface area contributed by atoms with Crippen molar-refractivity contribution in [1.29, 1.82) is 0 Å². The fraction of sp³-hybridized carbons (Fsp3) is 0.800. The second kappa shape index (κ2) is 8.23. The summed E-state index contributed by atoms with van der Waals surface area (Å²) in [7, 11) is 3.71. The Morgan fingerprint density at radius 1 is 1.20 bits per heavy atom. The molecule has 0 fully saturated rings. The van der Waals surface area contributed by atoms with E-state index in [0.717, 1.165) is 19.3 Å². The number of hydrogen-bond acceptors (Lipinski definition) is 3. The van der Waals surface area contributed by atoms with Crippen molar-refractivity contribution in [3.8, 4) is 0 Å². The first-order chi connectivity index (χ1) is 7.02. The van der Waals surface area contributed by atoms with Crippen LogP contribution < -0.4 is 11.1 Å². The van der Waals surface area contributed by atoms with Crippen LogP contribution in [0.15, 0.2) is 0 Å². The Hall–Kier alpha value is -1.10. The summed E-state index contributed by atoms with van der Waals surface area (Å²) in [6.07, 6.45) is 3.06. The number of primary amides is 1. The van der Waals surface area contributed by atoms with Gasteiger partial charge in [-0.05, 0) is 26.9 Å². The molecule has 0 aliphatic rings. The van der Waals surface area contributed by atoms with E-state index in [1.807, 2.05) is 19.0 Å². The summed E-state index contributed by atoms with van der Waals surface area (Å²) in [5, 5.41) is 2.81. The van der Waals surface area contributed by atoms with E-state index in [2.05, 4.69) is 5.32 Å². The third-order valence-corrected chi connectivity index (χ3v) is 1.88. The number of unbranched alkanes of at least 4 members (excludes halogenated alkanes) is 2. The summed E-state index contributed by atoms with van der Waals surface area (Å²) in [6.45, 7) is 1.09. The van der Waals surface area contributed by atoms with Gasteiger partial charge in [-0.25, -0.2) is 0 Å². The van der Waals surface area contributed by atoms with Gasteiger partial charge in [-0.15, -0.1) is 0 Å². The molecule has 5 nitrogen and oxygen atoms in total. The Kier molecular flexibility index (Phi) is 7.62. The summed E-state index contributed by atoms with van der Waals surface area (Å²) in [6, 6.07) is 0. The molecule has 3 N–H and O–H groups in total. The number of nitrogens with one attached hydrogen (secondary N) is 1. The Bertz CT molecular complexity index is 205. The molecule has 0 aliphatic carbocycles. The van der Waals surface area contributed by atoms with Crippen molar-refractivity contribution < 1.29 is 9.59 Å². The molecule has 2 amide bonds. The van der Waals surface area contributed by atoms with Gasteiger partial charge in [-0.2, -0.15) is 0 Å². The molecule has 0 aromatic heterocycles. The zero-order chi connectivity index (χ0) is 11.7.